The van der Waals surface area contributed by atoms with Gasteiger partial charge in [0.2, 0.25) is 0 Å². The summed E-state index contributed by atoms with van der Waals surface area (Å²) >= 11 is 0. The summed E-state index contributed by atoms with van der Waals surface area (Å²) in [7, 11) is 0. The van der Waals surface area contributed by atoms with Gasteiger partial charge in [0.15, 0.2) is 0 Å². The number of benzene rings is 2. The van der Waals surface area contributed by atoms with Gasteiger partial charge in [-0.1, -0.05) is 79.1 Å². The summed E-state index contributed by atoms with van der Waals surface area (Å²) in [4.78, 5) is 5.10. The van der Waals surface area contributed by atoms with Crippen LogP contribution in [0.15, 0.2) is 48.5 Å². The van der Waals surface area contributed by atoms with Crippen LogP contribution in [0.25, 0.3) is 0 Å². The van der Waals surface area contributed by atoms with E-state index < -0.39 is 0 Å². The molecule has 0 aliphatic rings. The van der Waals surface area contributed by atoms with Gasteiger partial charge in [-0.3, -0.25) is 0 Å². The van der Waals surface area contributed by atoms with Crippen molar-refractivity contribution in [3.8, 4) is 11.5 Å². The number of unbranched alkanes of at least 4 members (excludes halogenated alkanes) is 8. The van der Waals surface area contributed by atoms with E-state index >= 15 is 0 Å². The monoisotopic (exact) mass is 480 g/mol. The third kappa shape index (κ3) is 11.4. The second kappa shape index (κ2) is 18.2. The number of nitrogens with zero attached hydrogens (tertiary/aromatic N) is 2. The van der Waals surface area contributed by atoms with Crippen LogP contribution in [0, 0.1) is 0 Å². The Hall–Kier alpha value is -2.16. The average Bonchev–Trinajstić information content (AvgIpc) is 2.88. The van der Waals surface area contributed by atoms with Crippen LogP contribution in [0.4, 0.5) is 11.4 Å². The lowest BCUT2D eigenvalue weighted by Gasteiger charge is -2.25. The van der Waals surface area contributed by atoms with Gasteiger partial charge in [-0.2, -0.15) is 0 Å². The Bertz CT molecular complexity index is 671. The number of anilines is 2. The molecule has 0 aliphatic heterocycles. The van der Waals surface area contributed by atoms with Gasteiger partial charge in [-0.05, 0) is 74.2 Å². The van der Waals surface area contributed by atoms with E-state index in [9.17, 15) is 0 Å². The maximum Gasteiger partial charge on any atom is 0.127 e. The number of ether oxygens (including phenoxy) is 1. The fourth-order valence-electron chi connectivity index (χ4n) is 4.54. The number of rotatable bonds is 20. The maximum absolute atomic E-state index is 6.20. The van der Waals surface area contributed by atoms with E-state index in [1.54, 1.807) is 0 Å². The van der Waals surface area contributed by atoms with Crippen molar-refractivity contribution in [2.45, 2.75) is 105 Å². The first-order valence-corrected chi connectivity index (χ1v) is 14.6. The zero-order valence-electron chi connectivity index (χ0n) is 23.2. The Kier molecular flexibility index (Phi) is 15.1. The van der Waals surface area contributed by atoms with E-state index in [1.807, 2.05) is 0 Å². The summed E-state index contributed by atoms with van der Waals surface area (Å²) in [6.07, 6.45) is 15.3. The Morgan fingerprint density at radius 3 is 0.971 bits per heavy atom. The Morgan fingerprint density at radius 1 is 0.429 bits per heavy atom. The van der Waals surface area contributed by atoms with E-state index in [4.69, 9.17) is 4.74 Å². The molecule has 0 N–H and O–H groups in total. The van der Waals surface area contributed by atoms with Crippen LogP contribution in [0.3, 0.4) is 0 Å². The normalized spacial score (nSPS) is 11.0. The first kappa shape index (κ1) is 29.1. The molecule has 0 bridgehead atoms. The highest BCUT2D eigenvalue weighted by molar-refractivity contribution is 5.52. The maximum atomic E-state index is 6.20. The molecule has 0 amide bonds. The van der Waals surface area contributed by atoms with E-state index in [-0.39, 0.29) is 0 Å². The van der Waals surface area contributed by atoms with Crippen LogP contribution in [-0.4, -0.2) is 26.2 Å². The van der Waals surface area contributed by atoms with E-state index in [0.717, 1.165) is 37.7 Å². The zero-order chi connectivity index (χ0) is 25.1. The van der Waals surface area contributed by atoms with E-state index in [2.05, 4.69) is 86.0 Å². The van der Waals surface area contributed by atoms with Crippen molar-refractivity contribution in [2.24, 2.45) is 0 Å². The van der Waals surface area contributed by atoms with Gasteiger partial charge in [0.1, 0.15) is 11.5 Å². The quantitative estimate of drug-likeness (QED) is 0.175. The highest BCUT2D eigenvalue weighted by Gasteiger charge is 2.09. The minimum Gasteiger partial charge on any atom is -0.457 e. The molecule has 0 unspecified atom stereocenters. The Balaban J connectivity index is 1.98. The molecule has 35 heavy (non-hydrogen) atoms. The van der Waals surface area contributed by atoms with Crippen LogP contribution in [0.1, 0.15) is 105 Å². The minimum atomic E-state index is 0.909. The SMILES string of the molecule is CCCCCN(CCCCC)c1ccc(Oc2ccc(N(CCCCC)CCCCC)cc2)cc1. The molecular formula is C32H52N2O. The average molecular weight is 481 g/mol. The van der Waals surface area contributed by atoms with Gasteiger partial charge in [-0.25, -0.2) is 0 Å². The van der Waals surface area contributed by atoms with Crippen molar-refractivity contribution in [2.75, 3.05) is 36.0 Å². The van der Waals surface area contributed by atoms with Crippen LogP contribution < -0.4 is 14.5 Å². The molecule has 0 saturated heterocycles. The molecule has 0 radical (unpaired) electrons. The standard InChI is InChI=1S/C32H52N2O/c1-5-9-13-25-33(26-14-10-6-2)29-17-21-31(22-18-29)35-32-23-19-30(20-24-32)34(27-15-11-7-3)28-16-12-8-4/h17-24H,5-16,25-28H2,1-4H3. The van der Waals surface area contributed by atoms with Crippen molar-refractivity contribution in [3.05, 3.63) is 48.5 Å². The second-order valence-electron chi connectivity index (χ2n) is 9.89. The molecule has 196 valence electrons. The molecule has 0 aromatic heterocycles. The number of hydrogen-bond acceptors (Lipinski definition) is 3. The molecule has 2 aromatic carbocycles. The van der Waals surface area contributed by atoms with Crippen LogP contribution in [0.2, 0.25) is 0 Å². The molecule has 0 fully saturated rings. The van der Waals surface area contributed by atoms with E-state index in [0.29, 0.717) is 0 Å². The molecule has 0 heterocycles. The summed E-state index contributed by atoms with van der Waals surface area (Å²) in [5.41, 5.74) is 2.63. The third-order valence-electron chi connectivity index (χ3n) is 6.77. The first-order valence-electron chi connectivity index (χ1n) is 14.6. The first-order chi connectivity index (χ1) is 17.2. The predicted molar refractivity (Wildman–Crippen MR) is 155 cm³/mol. The summed E-state index contributed by atoms with van der Waals surface area (Å²) < 4.78 is 6.20. The van der Waals surface area contributed by atoms with Gasteiger partial charge in [-0.15, -0.1) is 0 Å². The van der Waals surface area contributed by atoms with Crippen molar-refractivity contribution < 1.29 is 4.74 Å². The van der Waals surface area contributed by atoms with E-state index in [1.165, 1.54) is 88.4 Å². The van der Waals surface area contributed by atoms with Gasteiger partial charge < -0.3 is 14.5 Å². The van der Waals surface area contributed by atoms with Crippen molar-refractivity contribution in [1.29, 1.82) is 0 Å². The van der Waals surface area contributed by atoms with Gasteiger partial charge in [0.25, 0.3) is 0 Å². The van der Waals surface area contributed by atoms with Crippen LogP contribution in [-0.2, 0) is 0 Å². The summed E-state index contributed by atoms with van der Waals surface area (Å²) in [6.45, 7) is 13.7. The molecule has 0 spiro atoms. The highest BCUT2D eigenvalue weighted by Crippen LogP contribution is 2.27. The van der Waals surface area contributed by atoms with Crippen molar-refractivity contribution in [3.63, 3.8) is 0 Å². The minimum absolute atomic E-state index is 0.909. The molecule has 3 heteroatoms. The lowest BCUT2D eigenvalue weighted by atomic mass is 10.2. The predicted octanol–water partition coefficient (Wildman–Crippen LogP) is 9.85. The largest absolute Gasteiger partial charge is 0.457 e. The van der Waals surface area contributed by atoms with Gasteiger partial charge in [0, 0.05) is 37.6 Å². The molecule has 0 atom stereocenters. The second-order valence-corrected chi connectivity index (χ2v) is 9.89. The molecule has 0 saturated carbocycles. The topological polar surface area (TPSA) is 15.7 Å². The summed E-state index contributed by atoms with van der Waals surface area (Å²) in [6, 6.07) is 17.4. The third-order valence-corrected chi connectivity index (χ3v) is 6.77. The van der Waals surface area contributed by atoms with Gasteiger partial charge in [0.05, 0.1) is 0 Å². The lowest BCUT2D eigenvalue weighted by molar-refractivity contribution is 0.482. The molecule has 3 nitrogen and oxygen atoms in total. The fraction of sp³-hybridized carbons (Fsp3) is 0.625. The van der Waals surface area contributed by atoms with Crippen molar-refractivity contribution >= 4 is 11.4 Å². The number of hydrogen-bond donors (Lipinski definition) is 0. The zero-order valence-corrected chi connectivity index (χ0v) is 23.2. The van der Waals surface area contributed by atoms with Gasteiger partial charge >= 0.3 is 0 Å². The molecular weight excluding hydrogens is 428 g/mol. The smallest absolute Gasteiger partial charge is 0.127 e. The van der Waals surface area contributed by atoms with Crippen molar-refractivity contribution in [1.82, 2.24) is 0 Å². The van der Waals surface area contributed by atoms with Crippen LogP contribution >= 0.6 is 0 Å². The Morgan fingerprint density at radius 2 is 0.714 bits per heavy atom. The summed E-state index contributed by atoms with van der Waals surface area (Å²) in [5.74, 6) is 1.82. The fourth-order valence-corrected chi connectivity index (χ4v) is 4.54. The molecule has 0 aliphatic carbocycles. The van der Waals surface area contributed by atoms with Crippen LogP contribution in [0.5, 0.6) is 11.5 Å². The molecule has 2 aromatic rings. The molecule has 2 rings (SSSR count). The summed E-state index contributed by atoms with van der Waals surface area (Å²) in [5, 5.41) is 0. The highest BCUT2D eigenvalue weighted by atomic mass is 16.5. The Labute approximate surface area is 216 Å². The lowest BCUT2D eigenvalue weighted by Crippen LogP contribution is -2.25.